The van der Waals surface area contributed by atoms with E-state index in [1.807, 2.05) is 0 Å². The van der Waals surface area contributed by atoms with Crippen LogP contribution in [-0.2, 0) is 19.3 Å². The van der Waals surface area contributed by atoms with Gasteiger partial charge < -0.3 is 0 Å². The molecule has 0 N–H and O–H groups in total. The minimum atomic E-state index is 0.370. The van der Waals surface area contributed by atoms with Gasteiger partial charge in [0.05, 0.1) is 0 Å². The fraction of sp³-hybridized carbons (Fsp3) is 0.647. The predicted molar refractivity (Wildman–Crippen MR) is 226 cm³/mol. The van der Waals surface area contributed by atoms with E-state index in [2.05, 4.69) is 91.8 Å². The molecule has 0 heteroatoms. The first-order valence-electron chi connectivity index (χ1n) is 21.7. The van der Waals surface area contributed by atoms with Gasteiger partial charge in [0, 0.05) is 0 Å². The van der Waals surface area contributed by atoms with Crippen LogP contribution in [-0.4, -0.2) is 0 Å². The zero-order valence-electron chi connectivity index (χ0n) is 34.6. The molecule has 1 saturated carbocycles. The Kier molecular flexibility index (Phi) is 14.2. The molecule has 0 aromatic heterocycles. The topological polar surface area (TPSA) is 0 Å². The molecule has 0 heterocycles. The Morgan fingerprint density at radius 1 is 0.863 bits per heavy atom. The van der Waals surface area contributed by atoms with Gasteiger partial charge in [-0.05, 0) is 148 Å². The first-order valence-corrected chi connectivity index (χ1v) is 21.7. The van der Waals surface area contributed by atoms with E-state index in [1.54, 1.807) is 22.3 Å². The Morgan fingerprint density at radius 3 is 2.29 bits per heavy atom. The van der Waals surface area contributed by atoms with Crippen LogP contribution in [0.2, 0.25) is 0 Å². The van der Waals surface area contributed by atoms with E-state index in [1.165, 1.54) is 136 Å². The van der Waals surface area contributed by atoms with Gasteiger partial charge in [-0.25, -0.2) is 0 Å². The highest BCUT2D eigenvalue weighted by Crippen LogP contribution is 2.45. The number of hydrogen-bond acceptors (Lipinski definition) is 0. The van der Waals surface area contributed by atoms with Crippen LogP contribution in [0, 0.1) is 41.9 Å². The summed E-state index contributed by atoms with van der Waals surface area (Å²) in [5, 5.41) is 0. The summed E-state index contributed by atoms with van der Waals surface area (Å²) < 4.78 is 0. The van der Waals surface area contributed by atoms with Gasteiger partial charge in [0.25, 0.3) is 0 Å². The lowest BCUT2D eigenvalue weighted by atomic mass is 9.69. The quantitative estimate of drug-likeness (QED) is 0.145. The van der Waals surface area contributed by atoms with Gasteiger partial charge in [-0.3, -0.25) is 0 Å². The standard InChI is InChI=1S/C51H76/c1-11-14-15-18-41(17-12-2)29-35(4)42-19-16-20-43(30-42)48(27-25-40-23-21-39(13-3)22-24-40)37(6)36(5)44-31-45-32-46-33-47(51(8,9)10)26-28-49(46)38(7)50(45)34-44/h16,19-20,30-32,37,39-41,47-48H,4-5,11-15,17-18,21-29,33-34H2,1-3,6-10H3/t37-,39?,40?,41?,47-,48-/m0/s1. The summed E-state index contributed by atoms with van der Waals surface area (Å²) in [6.07, 6.45) is 26.2. The maximum atomic E-state index is 4.92. The minimum Gasteiger partial charge on any atom is -0.0953 e. The van der Waals surface area contributed by atoms with Crippen LogP contribution in [0.3, 0.4) is 0 Å². The van der Waals surface area contributed by atoms with Crippen molar-refractivity contribution in [3.05, 3.63) is 93.6 Å². The third-order valence-electron chi connectivity index (χ3n) is 14.3. The van der Waals surface area contributed by atoms with E-state index in [0.29, 0.717) is 17.3 Å². The largest absolute Gasteiger partial charge is 0.0953 e. The molecule has 3 aliphatic rings. The molecule has 0 radical (unpaired) electrons. The van der Waals surface area contributed by atoms with Crippen molar-refractivity contribution in [2.45, 2.75) is 177 Å². The van der Waals surface area contributed by atoms with Crippen LogP contribution < -0.4 is 0 Å². The molecular weight excluding hydrogens is 613 g/mol. The predicted octanol–water partition coefficient (Wildman–Crippen LogP) is 15.5. The Morgan fingerprint density at radius 2 is 1.61 bits per heavy atom. The number of fused-ring (bicyclic) bond motifs is 2. The molecule has 5 rings (SSSR count). The van der Waals surface area contributed by atoms with Crippen LogP contribution in [0.5, 0.6) is 0 Å². The van der Waals surface area contributed by atoms with Crippen molar-refractivity contribution in [2.24, 2.45) is 35.0 Å². The van der Waals surface area contributed by atoms with Gasteiger partial charge in [0.1, 0.15) is 0 Å². The maximum absolute atomic E-state index is 4.92. The highest BCUT2D eigenvalue weighted by atomic mass is 14.4. The minimum absolute atomic E-state index is 0.370. The fourth-order valence-corrected chi connectivity index (χ4v) is 10.4. The first kappa shape index (κ1) is 39.9. The van der Waals surface area contributed by atoms with E-state index < -0.39 is 0 Å². The van der Waals surface area contributed by atoms with E-state index in [4.69, 9.17) is 13.2 Å². The molecule has 0 saturated heterocycles. The second-order valence-electron chi connectivity index (χ2n) is 18.7. The van der Waals surface area contributed by atoms with Gasteiger partial charge in [-0.15, -0.1) is 0 Å². The van der Waals surface area contributed by atoms with E-state index in [0.717, 1.165) is 36.5 Å². The van der Waals surface area contributed by atoms with Crippen molar-refractivity contribution in [3.63, 3.8) is 0 Å². The molecule has 0 amide bonds. The molecule has 2 aromatic rings. The van der Waals surface area contributed by atoms with Gasteiger partial charge >= 0.3 is 0 Å². The Hall–Kier alpha value is -2.34. The van der Waals surface area contributed by atoms with Gasteiger partial charge in [0.15, 0.2) is 0 Å². The zero-order valence-corrected chi connectivity index (χ0v) is 34.6. The Balaban J connectivity index is 1.37. The molecular formula is C51H76. The Labute approximate surface area is 316 Å². The summed E-state index contributed by atoms with van der Waals surface area (Å²) in [7, 11) is 0. The molecule has 51 heavy (non-hydrogen) atoms. The van der Waals surface area contributed by atoms with E-state index in [9.17, 15) is 0 Å². The molecule has 0 nitrogen and oxygen atoms in total. The Bertz CT molecular complexity index is 1500. The maximum Gasteiger partial charge on any atom is -0.00143 e. The third kappa shape index (κ3) is 10.0. The average molecular weight is 689 g/mol. The lowest BCUT2D eigenvalue weighted by Gasteiger charge is -2.36. The normalized spacial score (nSPS) is 22.1. The van der Waals surface area contributed by atoms with Crippen molar-refractivity contribution < 1.29 is 0 Å². The second-order valence-corrected chi connectivity index (χ2v) is 18.7. The van der Waals surface area contributed by atoms with Crippen molar-refractivity contribution in [1.82, 2.24) is 0 Å². The number of hydrogen-bond donors (Lipinski definition) is 0. The summed E-state index contributed by atoms with van der Waals surface area (Å²) in [6, 6.07) is 12.2. The summed E-state index contributed by atoms with van der Waals surface area (Å²) in [5.41, 5.74) is 15.4. The zero-order chi connectivity index (χ0) is 36.7. The number of allylic oxidation sites excluding steroid dienone is 3. The molecule has 4 atom stereocenters. The van der Waals surface area contributed by atoms with Crippen molar-refractivity contribution >= 4 is 11.6 Å². The molecule has 0 aliphatic heterocycles. The van der Waals surface area contributed by atoms with E-state index >= 15 is 0 Å². The highest BCUT2D eigenvalue weighted by Gasteiger charge is 2.33. The van der Waals surface area contributed by atoms with Gasteiger partial charge in [-0.2, -0.15) is 0 Å². The van der Waals surface area contributed by atoms with Crippen LogP contribution in [0.15, 0.2) is 54.6 Å². The second kappa shape index (κ2) is 18.1. The van der Waals surface area contributed by atoms with E-state index in [-0.39, 0.29) is 0 Å². The van der Waals surface area contributed by atoms with Crippen LogP contribution in [0.4, 0.5) is 0 Å². The van der Waals surface area contributed by atoms with Crippen LogP contribution in [0.25, 0.3) is 11.6 Å². The lowest BCUT2D eigenvalue weighted by molar-refractivity contribution is 0.216. The molecule has 1 fully saturated rings. The van der Waals surface area contributed by atoms with Crippen molar-refractivity contribution in [1.29, 1.82) is 0 Å². The van der Waals surface area contributed by atoms with Crippen molar-refractivity contribution in [2.75, 3.05) is 0 Å². The summed E-state index contributed by atoms with van der Waals surface area (Å²) in [4.78, 5) is 0. The highest BCUT2D eigenvalue weighted by molar-refractivity contribution is 5.72. The van der Waals surface area contributed by atoms with Crippen molar-refractivity contribution in [3.8, 4) is 0 Å². The first-order chi connectivity index (χ1) is 24.4. The summed E-state index contributed by atoms with van der Waals surface area (Å²) in [6.45, 7) is 28.9. The molecule has 3 aliphatic carbocycles. The fourth-order valence-electron chi connectivity index (χ4n) is 10.4. The smallest absolute Gasteiger partial charge is 0.00143 e. The lowest BCUT2D eigenvalue weighted by Crippen LogP contribution is -2.27. The molecule has 0 bridgehead atoms. The van der Waals surface area contributed by atoms with Gasteiger partial charge in [0.2, 0.25) is 0 Å². The number of rotatable bonds is 17. The van der Waals surface area contributed by atoms with Gasteiger partial charge in [-0.1, -0.05) is 169 Å². The summed E-state index contributed by atoms with van der Waals surface area (Å²) >= 11 is 0. The monoisotopic (exact) mass is 689 g/mol. The third-order valence-corrected chi connectivity index (χ3v) is 14.3. The molecule has 280 valence electrons. The van der Waals surface area contributed by atoms with Crippen LogP contribution in [0.1, 0.15) is 190 Å². The summed E-state index contributed by atoms with van der Waals surface area (Å²) in [5.74, 6) is 4.26. The van der Waals surface area contributed by atoms with Crippen LogP contribution >= 0.6 is 0 Å². The number of unbranched alkanes of at least 4 members (excludes halogenated alkanes) is 2. The number of benzene rings is 2. The molecule has 1 unspecified atom stereocenters. The average Bonchev–Trinajstić information content (AvgIpc) is 3.56. The molecule has 0 spiro atoms. The molecule has 2 aromatic carbocycles. The SMILES string of the molecule is C=C(CC(CCC)CCCCC)c1cccc([C@@H](CCC2CCC(CC)CC2)[C@@H](C)C(=C)C2=Cc3cc4c(c(C)c3C2)CC[C@H](C(C)(C)C)C4)c1.